The van der Waals surface area contributed by atoms with Crippen LogP contribution in [0.5, 0.6) is 0 Å². The van der Waals surface area contributed by atoms with Crippen LogP contribution in [0.2, 0.25) is 0 Å². The maximum Gasteiger partial charge on any atom is 0.314 e. The first-order valence-electron chi connectivity index (χ1n) is 4.57. The number of esters is 1. The zero-order valence-corrected chi connectivity index (χ0v) is 8.83. The summed E-state index contributed by atoms with van der Waals surface area (Å²) in [5.41, 5.74) is 0.904. The van der Waals surface area contributed by atoms with Gasteiger partial charge in [-0.3, -0.25) is 4.79 Å². The van der Waals surface area contributed by atoms with E-state index in [4.69, 9.17) is 16.3 Å². The van der Waals surface area contributed by atoms with Crippen LogP contribution in [0.4, 0.5) is 0 Å². The molecule has 1 rings (SSSR count). The van der Waals surface area contributed by atoms with Crippen LogP contribution in [-0.4, -0.2) is 18.5 Å². The van der Waals surface area contributed by atoms with Crippen LogP contribution in [0.3, 0.4) is 0 Å². The SMILES string of the molecule is CCOC(=O)C(CCl)c1ccccc1. The van der Waals surface area contributed by atoms with E-state index in [-0.39, 0.29) is 17.8 Å². The molecule has 1 aromatic carbocycles. The highest BCUT2D eigenvalue weighted by Crippen LogP contribution is 2.18. The van der Waals surface area contributed by atoms with Crippen molar-refractivity contribution in [3.63, 3.8) is 0 Å². The van der Waals surface area contributed by atoms with E-state index < -0.39 is 0 Å². The molecule has 0 bridgehead atoms. The van der Waals surface area contributed by atoms with E-state index in [2.05, 4.69) is 0 Å². The minimum Gasteiger partial charge on any atom is -0.465 e. The van der Waals surface area contributed by atoms with Crippen molar-refractivity contribution in [2.24, 2.45) is 0 Å². The second-order valence-corrected chi connectivity index (χ2v) is 3.18. The fraction of sp³-hybridized carbons (Fsp3) is 0.364. The molecule has 0 saturated heterocycles. The number of ether oxygens (including phenoxy) is 1. The van der Waals surface area contributed by atoms with Gasteiger partial charge >= 0.3 is 5.97 Å². The molecule has 0 N–H and O–H groups in total. The molecule has 0 saturated carbocycles. The van der Waals surface area contributed by atoms with Crippen molar-refractivity contribution in [2.75, 3.05) is 12.5 Å². The van der Waals surface area contributed by atoms with E-state index in [1.165, 1.54) is 0 Å². The molecule has 14 heavy (non-hydrogen) atoms. The fourth-order valence-corrected chi connectivity index (χ4v) is 1.52. The van der Waals surface area contributed by atoms with Crippen LogP contribution in [-0.2, 0) is 9.53 Å². The average Bonchev–Trinajstić information content (AvgIpc) is 2.21. The van der Waals surface area contributed by atoms with Gasteiger partial charge in [0.2, 0.25) is 0 Å². The molecule has 76 valence electrons. The summed E-state index contributed by atoms with van der Waals surface area (Å²) in [5.74, 6) is -0.352. The summed E-state index contributed by atoms with van der Waals surface area (Å²) in [6.07, 6.45) is 0. The minimum absolute atomic E-state index is 0.253. The van der Waals surface area contributed by atoms with Gasteiger partial charge in [0.1, 0.15) is 0 Å². The van der Waals surface area contributed by atoms with Crippen molar-refractivity contribution >= 4 is 17.6 Å². The molecule has 1 atom stereocenters. The van der Waals surface area contributed by atoms with Gasteiger partial charge in [-0.15, -0.1) is 11.6 Å². The van der Waals surface area contributed by atoms with Crippen molar-refractivity contribution in [1.29, 1.82) is 0 Å². The molecular weight excluding hydrogens is 200 g/mol. The normalized spacial score (nSPS) is 12.1. The lowest BCUT2D eigenvalue weighted by atomic mass is 10.0. The predicted molar refractivity (Wildman–Crippen MR) is 56.5 cm³/mol. The zero-order valence-electron chi connectivity index (χ0n) is 8.07. The topological polar surface area (TPSA) is 26.3 Å². The van der Waals surface area contributed by atoms with Gasteiger partial charge in [0.15, 0.2) is 0 Å². The van der Waals surface area contributed by atoms with Gasteiger partial charge in [0.25, 0.3) is 0 Å². The number of rotatable bonds is 4. The van der Waals surface area contributed by atoms with Gasteiger partial charge in [-0.25, -0.2) is 0 Å². The predicted octanol–water partition coefficient (Wildman–Crippen LogP) is 2.57. The summed E-state index contributed by atoms with van der Waals surface area (Å²) in [7, 11) is 0. The van der Waals surface area contributed by atoms with E-state index in [9.17, 15) is 4.79 Å². The number of halogens is 1. The molecular formula is C11H13ClO2. The third-order valence-corrected chi connectivity index (χ3v) is 2.24. The van der Waals surface area contributed by atoms with Gasteiger partial charge in [-0.2, -0.15) is 0 Å². The monoisotopic (exact) mass is 212 g/mol. The highest BCUT2D eigenvalue weighted by atomic mass is 35.5. The Hall–Kier alpha value is -1.02. The first kappa shape index (κ1) is 11.1. The summed E-state index contributed by atoms with van der Waals surface area (Å²) < 4.78 is 4.93. The molecule has 0 spiro atoms. The summed E-state index contributed by atoms with van der Waals surface area (Å²) in [5, 5.41) is 0. The smallest absolute Gasteiger partial charge is 0.314 e. The highest BCUT2D eigenvalue weighted by molar-refractivity contribution is 6.19. The van der Waals surface area contributed by atoms with Crippen LogP contribution in [0.15, 0.2) is 30.3 Å². The maximum absolute atomic E-state index is 11.5. The first-order valence-corrected chi connectivity index (χ1v) is 5.10. The fourth-order valence-electron chi connectivity index (χ4n) is 1.22. The number of hydrogen-bond donors (Lipinski definition) is 0. The van der Waals surface area contributed by atoms with Crippen LogP contribution in [0, 0.1) is 0 Å². The summed E-state index contributed by atoms with van der Waals surface area (Å²) in [4.78, 5) is 11.5. The van der Waals surface area contributed by atoms with Crippen LogP contribution >= 0.6 is 11.6 Å². The van der Waals surface area contributed by atoms with E-state index in [1.807, 2.05) is 30.3 Å². The van der Waals surface area contributed by atoms with Gasteiger partial charge in [-0.1, -0.05) is 30.3 Å². The van der Waals surface area contributed by atoms with E-state index in [0.29, 0.717) is 6.61 Å². The van der Waals surface area contributed by atoms with Gasteiger partial charge in [0.05, 0.1) is 12.5 Å². The molecule has 1 aromatic rings. The number of alkyl halides is 1. The Bertz CT molecular complexity index is 285. The highest BCUT2D eigenvalue weighted by Gasteiger charge is 2.20. The number of benzene rings is 1. The largest absolute Gasteiger partial charge is 0.465 e. The number of carbonyl (C=O) groups is 1. The average molecular weight is 213 g/mol. The molecule has 3 heteroatoms. The Kier molecular flexibility index (Phi) is 4.47. The molecule has 0 aliphatic heterocycles. The third-order valence-electron chi connectivity index (χ3n) is 1.93. The van der Waals surface area contributed by atoms with Gasteiger partial charge < -0.3 is 4.74 Å². The molecule has 1 unspecified atom stereocenters. The number of carbonyl (C=O) groups excluding carboxylic acids is 1. The van der Waals surface area contributed by atoms with E-state index >= 15 is 0 Å². The lowest BCUT2D eigenvalue weighted by molar-refractivity contribution is -0.144. The van der Waals surface area contributed by atoms with E-state index in [1.54, 1.807) is 6.92 Å². The van der Waals surface area contributed by atoms with Gasteiger partial charge in [-0.05, 0) is 12.5 Å². The van der Waals surface area contributed by atoms with E-state index in [0.717, 1.165) is 5.56 Å². The molecule has 0 aromatic heterocycles. The Morgan fingerprint density at radius 3 is 2.57 bits per heavy atom. The van der Waals surface area contributed by atoms with Crippen molar-refractivity contribution in [3.8, 4) is 0 Å². The maximum atomic E-state index is 11.5. The van der Waals surface area contributed by atoms with Crippen LogP contribution in [0.25, 0.3) is 0 Å². The number of hydrogen-bond acceptors (Lipinski definition) is 2. The molecule has 0 radical (unpaired) electrons. The van der Waals surface area contributed by atoms with Crippen molar-refractivity contribution in [1.82, 2.24) is 0 Å². The summed E-state index contributed by atoms with van der Waals surface area (Å²) in [6.45, 7) is 2.17. The zero-order chi connectivity index (χ0) is 10.4. The molecule has 0 heterocycles. The lowest BCUT2D eigenvalue weighted by Crippen LogP contribution is -2.17. The Labute approximate surface area is 88.8 Å². The minimum atomic E-state index is -0.349. The molecule has 2 nitrogen and oxygen atoms in total. The summed E-state index contributed by atoms with van der Waals surface area (Å²) >= 11 is 5.73. The molecule has 0 aliphatic rings. The molecule has 0 aliphatic carbocycles. The Balaban J connectivity index is 2.77. The quantitative estimate of drug-likeness (QED) is 0.567. The lowest BCUT2D eigenvalue weighted by Gasteiger charge is -2.12. The Morgan fingerprint density at radius 2 is 2.07 bits per heavy atom. The Morgan fingerprint density at radius 1 is 1.43 bits per heavy atom. The van der Waals surface area contributed by atoms with Crippen molar-refractivity contribution < 1.29 is 9.53 Å². The molecule has 0 fully saturated rings. The van der Waals surface area contributed by atoms with Crippen molar-refractivity contribution in [3.05, 3.63) is 35.9 Å². The second kappa shape index (κ2) is 5.66. The standard InChI is InChI=1S/C11H13ClO2/c1-2-14-11(13)10(8-12)9-6-4-3-5-7-9/h3-7,10H,2,8H2,1H3. The van der Waals surface area contributed by atoms with Gasteiger partial charge in [0, 0.05) is 5.88 Å². The van der Waals surface area contributed by atoms with Crippen molar-refractivity contribution in [2.45, 2.75) is 12.8 Å². The van der Waals surface area contributed by atoms with Crippen LogP contribution in [0.1, 0.15) is 18.4 Å². The summed E-state index contributed by atoms with van der Waals surface area (Å²) in [6, 6.07) is 9.43. The second-order valence-electron chi connectivity index (χ2n) is 2.87. The van der Waals surface area contributed by atoms with Crippen LogP contribution < -0.4 is 0 Å². The molecule has 0 amide bonds. The third kappa shape index (κ3) is 2.74. The first-order chi connectivity index (χ1) is 6.79.